The molecule has 1 aliphatic rings. The normalized spacial score (nSPS) is 22.0. The van der Waals surface area contributed by atoms with Gasteiger partial charge in [0, 0.05) is 7.05 Å². The third-order valence-electron chi connectivity index (χ3n) is 4.86. The number of rotatable bonds is 4. The van der Waals surface area contributed by atoms with Crippen molar-refractivity contribution in [1.29, 1.82) is 0 Å². The highest BCUT2D eigenvalue weighted by atomic mass is 32.2. The van der Waals surface area contributed by atoms with Crippen LogP contribution in [0.3, 0.4) is 0 Å². The number of aliphatic hydroxyl groups is 1. The summed E-state index contributed by atoms with van der Waals surface area (Å²) in [5, 5.41) is 11.9. The van der Waals surface area contributed by atoms with E-state index < -0.39 is 16.1 Å². The Hall–Kier alpha value is -1.63. The number of likely N-dealkylation sites (N-methyl/N-ethyl adjacent to an activating group) is 1. The van der Waals surface area contributed by atoms with E-state index in [0.29, 0.717) is 12.8 Å². The summed E-state index contributed by atoms with van der Waals surface area (Å²) in [6.07, 6.45) is 2.65. The second kappa shape index (κ2) is 6.70. The number of benzene rings is 2. The van der Waals surface area contributed by atoms with Crippen LogP contribution in [-0.4, -0.2) is 44.1 Å². The van der Waals surface area contributed by atoms with Crippen molar-refractivity contribution in [3.63, 3.8) is 0 Å². The van der Waals surface area contributed by atoms with Crippen LogP contribution in [0.5, 0.6) is 5.75 Å². The minimum atomic E-state index is -3.64. The number of hydrogen-bond donors (Lipinski definition) is 1. The highest BCUT2D eigenvalue weighted by molar-refractivity contribution is 7.89. The Bertz CT molecular complexity index is 834. The Labute approximate surface area is 142 Å². The van der Waals surface area contributed by atoms with Crippen LogP contribution in [0.15, 0.2) is 41.3 Å². The molecule has 3 rings (SSSR count). The maximum atomic E-state index is 12.9. The van der Waals surface area contributed by atoms with Crippen molar-refractivity contribution in [1.82, 2.24) is 4.31 Å². The highest BCUT2D eigenvalue weighted by Crippen LogP contribution is 2.29. The monoisotopic (exact) mass is 349 g/mol. The molecule has 0 amide bonds. The molecule has 0 spiro atoms. The van der Waals surface area contributed by atoms with Crippen LogP contribution in [0, 0.1) is 0 Å². The van der Waals surface area contributed by atoms with Crippen molar-refractivity contribution in [2.24, 2.45) is 0 Å². The Morgan fingerprint density at radius 1 is 1.08 bits per heavy atom. The second-order valence-electron chi connectivity index (χ2n) is 6.32. The summed E-state index contributed by atoms with van der Waals surface area (Å²) in [5.41, 5.74) is 0. The quantitative estimate of drug-likeness (QED) is 0.922. The van der Waals surface area contributed by atoms with Crippen LogP contribution in [0.2, 0.25) is 0 Å². The first-order valence-corrected chi connectivity index (χ1v) is 9.61. The SMILES string of the molecule is COc1ccc2cc(S(=O)(=O)N(C)[C@@H]3CCCC[C@H]3O)ccc2c1. The first-order valence-electron chi connectivity index (χ1n) is 8.17. The summed E-state index contributed by atoms with van der Waals surface area (Å²) in [5.74, 6) is 0.737. The summed E-state index contributed by atoms with van der Waals surface area (Å²) in [6.45, 7) is 0. The van der Waals surface area contributed by atoms with Gasteiger partial charge in [-0.15, -0.1) is 0 Å². The fourth-order valence-electron chi connectivity index (χ4n) is 3.35. The van der Waals surface area contributed by atoms with Crippen LogP contribution in [0.1, 0.15) is 25.7 Å². The highest BCUT2D eigenvalue weighted by Gasteiger charge is 2.34. The molecule has 1 saturated carbocycles. The molecule has 0 bridgehead atoms. The summed E-state index contributed by atoms with van der Waals surface area (Å²) >= 11 is 0. The maximum Gasteiger partial charge on any atom is 0.243 e. The molecule has 5 nitrogen and oxygen atoms in total. The van der Waals surface area contributed by atoms with Gasteiger partial charge in [0.15, 0.2) is 0 Å². The molecular formula is C18H23NO4S. The Balaban J connectivity index is 1.95. The van der Waals surface area contributed by atoms with E-state index >= 15 is 0 Å². The predicted octanol–water partition coefficient (Wildman–Crippen LogP) is 2.77. The van der Waals surface area contributed by atoms with Gasteiger partial charge in [0.1, 0.15) is 5.75 Å². The Kier molecular flexibility index (Phi) is 4.80. The number of ether oxygens (including phenoxy) is 1. The number of nitrogens with zero attached hydrogens (tertiary/aromatic N) is 1. The zero-order valence-electron chi connectivity index (χ0n) is 14.0. The number of aliphatic hydroxyl groups excluding tert-OH is 1. The van der Waals surface area contributed by atoms with Crippen molar-refractivity contribution in [3.8, 4) is 5.75 Å². The molecule has 2 aromatic rings. The first kappa shape index (κ1) is 17.2. The number of methoxy groups -OCH3 is 1. The number of sulfonamides is 1. The van der Waals surface area contributed by atoms with Gasteiger partial charge < -0.3 is 9.84 Å². The van der Waals surface area contributed by atoms with E-state index in [2.05, 4.69) is 0 Å². The van der Waals surface area contributed by atoms with Gasteiger partial charge in [-0.25, -0.2) is 8.42 Å². The van der Waals surface area contributed by atoms with Crippen molar-refractivity contribution in [3.05, 3.63) is 36.4 Å². The smallest absolute Gasteiger partial charge is 0.243 e. The molecular weight excluding hydrogens is 326 g/mol. The topological polar surface area (TPSA) is 66.8 Å². The lowest BCUT2D eigenvalue weighted by atomic mass is 9.93. The van der Waals surface area contributed by atoms with E-state index in [1.807, 2.05) is 18.2 Å². The van der Waals surface area contributed by atoms with E-state index in [0.717, 1.165) is 29.4 Å². The van der Waals surface area contributed by atoms with Crippen LogP contribution >= 0.6 is 0 Å². The molecule has 0 saturated heterocycles. The molecule has 2 atom stereocenters. The first-order chi connectivity index (χ1) is 11.4. The minimum absolute atomic E-state index is 0.250. The van der Waals surface area contributed by atoms with Gasteiger partial charge in [-0.2, -0.15) is 4.31 Å². The lowest BCUT2D eigenvalue weighted by molar-refractivity contribution is 0.0638. The molecule has 24 heavy (non-hydrogen) atoms. The number of fused-ring (bicyclic) bond motifs is 1. The van der Waals surface area contributed by atoms with E-state index in [1.165, 1.54) is 4.31 Å². The van der Waals surface area contributed by atoms with Crippen LogP contribution in [0.25, 0.3) is 10.8 Å². The maximum absolute atomic E-state index is 12.9. The van der Waals surface area contributed by atoms with Gasteiger partial charge >= 0.3 is 0 Å². The standard InChI is InChI=1S/C18H23NO4S/c1-19(17-5-3-4-6-18(17)20)24(21,22)16-10-8-13-11-15(23-2)9-7-14(13)12-16/h7-12,17-18,20H,3-6H2,1-2H3/t17-,18-/m1/s1. The van der Waals surface area contributed by atoms with E-state index in [-0.39, 0.29) is 10.9 Å². The van der Waals surface area contributed by atoms with Gasteiger partial charge in [0.2, 0.25) is 10.0 Å². The van der Waals surface area contributed by atoms with Gasteiger partial charge in [0.05, 0.1) is 24.2 Å². The third kappa shape index (κ3) is 3.14. The average Bonchev–Trinajstić information content (AvgIpc) is 2.60. The largest absolute Gasteiger partial charge is 0.497 e. The second-order valence-corrected chi connectivity index (χ2v) is 8.31. The van der Waals surface area contributed by atoms with Gasteiger partial charge in [-0.3, -0.25) is 0 Å². The fourth-order valence-corrected chi connectivity index (χ4v) is 4.80. The molecule has 1 aliphatic carbocycles. The van der Waals surface area contributed by atoms with Crippen molar-refractivity contribution in [2.45, 2.75) is 42.7 Å². The van der Waals surface area contributed by atoms with Crippen molar-refractivity contribution < 1.29 is 18.3 Å². The van der Waals surface area contributed by atoms with Gasteiger partial charge in [-0.05, 0) is 47.9 Å². The minimum Gasteiger partial charge on any atom is -0.497 e. The van der Waals surface area contributed by atoms with Crippen LogP contribution < -0.4 is 4.74 Å². The molecule has 1 fully saturated rings. The molecule has 0 unspecified atom stereocenters. The van der Waals surface area contributed by atoms with Gasteiger partial charge in [0.25, 0.3) is 0 Å². The Morgan fingerprint density at radius 2 is 1.75 bits per heavy atom. The molecule has 2 aromatic carbocycles. The Morgan fingerprint density at radius 3 is 2.46 bits per heavy atom. The summed E-state index contributed by atoms with van der Waals surface area (Å²) in [7, 11) is -0.473. The summed E-state index contributed by atoms with van der Waals surface area (Å²) < 4.78 is 32.4. The molecule has 6 heteroatoms. The third-order valence-corrected chi connectivity index (χ3v) is 6.74. The lowest BCUT2D eigenvalue weighted by Crippen LogP contribution is -2.46. The molecule has 1 N–H and O–H groups in total. The van der Waals surface area contributed by atoms with E-state index in [1.54, 1.807) is 32.4 Å². The number of hydrogen-bond acceptors (Lipinski definition) is 4. The molecule has 130 valence electrons. The molecule has 0 aromatic heterocycles. The zero-order valence-corrected chi connectivity index (χ0v) is 14.8. The van der Waals surface area contributed by atoms with Crippen molar-refractivity contribution in [2.75, 3.05) is 14.2 Å². The fraction of sp³-hybridized carbons (Fsp3) is 0.444. The molecule has 0 radical (unpaired) electrons. The lowest BCUT2D eigenvalue weighted by Gasteiger charge is -2.34. The average molecular weight is 349 g/mol. The van der Waals surface area contributed by atoms with Crippen LogP contribution in [0.4, 0.5) is 0 Å². The van der Waals surface area contributed by atoms with E-state index in [9.17, 15) is 13.5 Å². The van der Waals surface area contributed by atoms with E-state index in [4.69, 9.17) is 4.74 Å². The molecule has 0 heterocycles. The van der Waals surface area contributed by atoms with Crippen molar-refractivity contribution >= 4 is 20.8 Å². The van der Waals surface area contributed by atoms with Gasteiger partial charge in [-0.1, -0.05) is 25.0 Å². The summed E-state index contributed by atoms with van der Waals surface area (Å²) in [6, 6.07) is 10.3. The zero-order chi connectivity index (χ0) is 17.3. The van der Waals surface area contributed by atoms with Crippen LogP contribution in [-0.2, 0) is 10.0 Å². The molecule has 0 aliphatic heterocycles. The predicted molar refractivity (Wildman–Crippen MR) is 93.7 cm³/mol. The summed E-state index contributed by atoms with van der Waals surface area (Å²) in [4.78, 5) is 0.250.